The molecule has 0 aliphatic carbocycles. The first-order chi connectivity index (χ1) is 13.4. The molecule has 0 saturated carbocycles. The molecule has 1 aromatic carbocycles. The van der Waals surface area contributed by atoms with E-state index in [1.165, 1.54) is 0 Å². The van der Waals surface area contributed by atoms with E-state index in [1.54, 1.807) is 4.90 Å². The van der Waals surface area contributed by atoms with Crippen LogP contribution < -0.4 is 0 Å². The molecule has 0 spiro atoms. The number of carbonyl (C=O) groups is 2. The van der Waals surface area contributed by atoms with Crippen molar-refractivity contribution >= 4 is 28.1 Å². The number of β-lactam (4-membered cyclic amide) rings is 1. The van der Waals surface area contributed by atoms with Gasteiger partial charge in [0.25, 0.3) is 0 Å². The highest BCUT2D eigenvalue weighted by molar-refractivity contribution is 6.96. The molecule has 0 radical (unpaired) electrons. The van der Waals surface area contributed by atoms with Crippen molar-refractivity contribution in [1.82, 2.24) is 9.80 Å². The van der Waals surface area contributed by atoms with E-state index in [-0.39, 0.29) is 30.0 Å². The lowest BCUT2D eigenvalue weighted by Crippen LogP contribution is -2.80. The smallest absolute Gasteiger partial charge is 0.411 e. The fourth-order valence-electron chi connectivity index (χ4n) is 5.59. The van der Waals surface area contributed by atoms with Crippen LogP contribution in [0.1, 0.15) is 25.5 Å². The summed E-state index contributed by atoms with van der Waals surface area (Å²) in [6, 6.07) is 9.35. The van der Waals surface area contributed by atoms with Crippen LogP contribution in [0, 0.1) is 5.92 Å². The summed E-state index contributed by atoms with van der Waals surface area (Å²) in [5.74, 6) is 0.385. The van der Waals surface area contributed by atoms with Gasteiger partial charge in [0.15, 0.2) is 0 Å². The number of cyclic esters (lactones) is 1. The third-order valence-corrected chi connectivity index (χ3v) is 15.2. The maximum atomic E-state index is 13.6. The highest BCUT2D eigenvalue weighted by Gasteiger charge is 2.61. The summed E-state index contributed by atoms with van der Waals surface area (Å²) < 4.78 is 5.43. The van der Waals surface area contributed by atoms with Crippen LogP contribution in [-0.2, 0) is 9.53 Å². The van der Waals surface area contributed by atoms with Gasteiger partial charge in [-0.2, -0.15) is 0 Å². The fraction of sp³-hybridized carbons (Fsp3) is 0.636. The average molecular weight is 433 g/mol. The zero-order valence-corrected chi connectivity index (χ0v) is 21.1. The minimum Gasteiger partial charge on any atom is -0.447 e. The summed E-state index contributed by atoms with van der Waals surface area (Å²) in [4.78, 5) is 30.3. The molecule has 2 aliphatic rings. The first-order valence-electron chi connectivity index (χ1n) is 10.7. The molecular weight excluding hydrogens is 396 g/mol. The number of rotatable bonds is 6. The van der Waals surface area contributed by atoms with E-state index in [4.69, 9.17) is 4.74 Å². The molecule has 0 aromatic heterocycles. The first-order valence-corrected chi connectivity index (χ1v) is 17.8. The molecular formula is C22H36N2O3Si2. The predicted molar refractivity (Wildman–Crippen MR) is 122 cm³/mol. The molecule has 160 valence electrons. The molecule has 2 saturated heterocycles. The van der Waals surface area contributed by atoms with Crippen molar-refractivity contribution in [3.63, 3.8) is 0 Å². The predicted octanol–water partition coefficient (Wildman–Crippen LogP) is 4.54. The van der Waals surface area contributed by atoms with Crippen molar-refractivity contribution < 1.29 is 14.3 Å². The SMILES string of the molecule is CC(C)[C@@H]1[C@H](N2C(=O)OC[C@@H]2c2ccccc2)C(=O)N1C([Si](C)(C)C)[Si](C)(C)C. The van der Waals surface area contributed by atoms with Crippen LogP contribution in [0.4, 0.5) is 4.79 Å². The van der Waals surface area contributed by atoms with Crippen LogP contribution >= 0.6 is 0 Å². The quantitative estimate of drug-likeness (QED) is 0.490. The Balaban J connectivity index is 1.98. The number of carbonyl (C=O) groups excluding carboxylic acids is 2. The number of amides is 2. The lowest BCUT2D eigenvalue weighted by atomic mass is 9.84. The molecule has 0 unspecified atom stereocenters. The number of hydrogen-bond acceptors (Lipinski definition) is 3. The lowest BCUT2D eigenvalue weighted by Gasteiger charge is -2.60. The summed E-state index contributed by atoms with van der Waals surface area (Å²) in [5.41, 5.74) is 1.03. The van der Waals surface area contributed by atoms with E-state index >= 15 is 0 Å². The van der Waals surface area contributed by atoms with Crippen LogP contribution in [0.3, 0.4) is 0 Å². The monoisotopic (exact) mass is 432 g/mol. The van der Waals surface area contributed by atoms with Gasteiger partial charge in [-0.25, -0.2) is 4.79 Å². The Morgan fingerprint density at radius 3 is 2.00 bits per heavy atom. The van der Waals surface area contributed by atoms with Crippen LogP contribution in [0.25, 0.3) is 0 Å². The average Bonchev–Trinajstić information content (AvgIpc) is 2.96. The van der Waals surface area contributed by atoms with Crippen molar-refractivity contribution in [2.45, 2.75) is 76.5 Å². The summed E-state index contributed by atoms with van der Waals surface area (Å²) in [5, 5.41) is 0.347. The van der Waals surface area contributed by atoms with Gasteiger partial charge in [-0.05, 0) is 11.5 Å². The van der Waals surface area contributed by atoms with E-state index < -0.39 is 22.2 Å². The Hall–Kier alpha value is -1.61. The highest BCUT2D eigenvalue weighted by atomic mass is 28.4. The van der Waals surface area contributed by atoms with E-state index in [1.807, 2.05) is 30.3 Å². The number of nitrogens with zero attached hydrogens (tertiary/aromatic N) is 2. The van der Waals surface area contributed by atoms with Crippen molar-refractivity contribution in [1.29, 1.82) is 0 Å². The molecule has 2 fully saturated rings. The van der Waals surface area contributed by atoms with Crippen molar-refractivity contribution in [2.75, 3.05) is 6.61 Å². The summed E-state index contributed by atoms with van der Waals surface area (Å²) in [6.07, 6.45) is -0.361. The second kappa shape index (κ2) is 7.58. The minimum atomic E-state index is -1.62. The largest absolute Gasteiger partial charge is 0.447 e. The van der Waals surface area contributed by atoms with Crippen molar-refractivity contribution in [3.8, 4) is 0 Å². The molecule has 3 atom stereocenters. The zero-order chi connectivity index (χ0) is 21.7. The Bertz CT molecular complexity index is 757. The molecule has 0 N–H and O–H groups in total. The molecule has 1 aromatic rings. The molecule has 29 heavy (non-hydrogen) atoms. The van der Waals surface area contributed by atoms with Gasteiger partial charge in [0.05, 0.1) is 28.2 Å². The van der Waals surface area contributed by atoms with Crippen molar-refractivity contribution in [2.24, 2.45) is 5.92 Å². The van der Waals surface area contributed by atoms with Crippen LogP contribution in [-0.4, -0.2) is 61.9 Å². The molecule has 2 heterocycles. The van der Waals surface area contributed by atoms with Gasteiger partial charge in [0.1, 0.15) is 12.6 Å². The third kappa shape index (κ3) is 3.91. The standard InChI is InChI=1S/C22H36N2O3Si2/c1-15(2)18-19(20(25)24(18)22(28(3,4)5)29(6,7)8)23-17(14-27-21(23)26)16-12-10-9-11-13-16/h9-13,15,17-19,22H,14H2,1-8H3/t17-,18-,19+/m1/s1. The van der Waals surface area contributed by atoms with E-state index in [2.05, 4.69) is 58.0 Å². The molecule has 7 heteroatoms. The Kier molecular flexibility index (Phi) is 5.77. The molecule has 0 bridgehead atoms. The summed E-state index contributed by atoms with van der Waals surface area (Å²) in [7, 11) is -3.24. The Labute approximate surface area is 177 Å². The molecule has 2 amide bonds. The van der Waals surface area contributed by atoms with Gasteiger partial charge < -0.3 is 9.64 Å². The van der Waals surface area contributed by atoms with E-state index in [0.717, 1.165) is 5.56 Å². The number of benzene rings is 1. The number of likely N-dealkylation sites (tertiary alicyclic amines) is 1. The lowest BCUT2D eigenvalue weighted by molar-refractivity contribution is -0.161. The normalized spacial score (nSPS) is 25.7. The number of ether oxygens (including phenoxy) is 1. The van der Waals surface area contributed by atoms with Gasteiger partial charge in [-0.3, -0.25) is 9.69 Å². The highest BCUT2D eigenvalue weighted by Crippen LogP contribution is 2.42. The molecule has 5 nitrogen and oxygen atoms in total. The van der Waals surface area contributed by atoms with Gasteiger partial charge in [-0.15, -0.1) is 0 Å². The molecule has 2 aliphatic heterocycles. The van der Waals surface area contributed by atoms with E-state index in [0.29, 0.717) is 11.9 Å². The third-order valence-electron chi connectivity index (χ3n) is 6.15. The maximum Gasteiger partial charge on any atom is 0.411 e. The summed E-state index contributed by atoms with van der Waals surface area (Å²) in [6.45, 7) is 18.8. The minimum absolute atomic E-state index is 0.0443. The second-order valence-corrected chi connectivity index (χ2v) is 22.1. The summed E-state index contributed by atoms with van der Waals surface area (Å²) >= 11 is 0. The zero-order valence-electron chi connectivity index (χ0n) is 19.1. The second-order valence-electron chi connectivity index (χ2n) is 11.0. The van der Waals surface area contributed by atoms with Gasteiger partial charge >= 0.3 is 6.09 Å². The fourth-order valence-corrected chi connectivity index (χ4v) is 18.2. The van der Waals surface area contributed by atoms with Gasteiger partial charge in [0.2, 0.25) is 5.91 Å². The first kappa shape index (κ1) is 22.1. The van der Waals surface area contributed by atoms with Crippen molar-refractivity contribution in [3.05, 3.63) is 35.9 Å². The van der Waals surface area contributed by atoms with Crippen LogP contribution in [0.5, 0.6) is 0 Å². The van der Waals surface area contributed by atoms with E-state index in [9.17, 15) is 9.59 Å². The van der Waals surface area contributed by atoms with Gasteiger partial charge in [-0.1, -0.05) is 83.5 Å². The van der Waals surface area contributed by atoms with Crippen LogP contribution in [0.2, 0.25) is 39.3 Å². The van der Waals surface area contributed by atoms with Crippen LogP contribution in [0.15, 0.2) is 30.3 Å². The maximum absolute atomic E-state index is 13.6. The Morgan fingerprint density at radius 2 is 1.52 bits per heavy atom. The van der Waals surface area contributed by atoms with Gasteiger partial charge in [0, 0.05) is 5.29 Å². The molecule has 3 rings (SSSR count). The topological polar surface area (TPSA) is 49.9 Å². The number of hydrogen-bond donors (Lipinski definition) is 0. The Morgan fingerprint density at radius 1 is 0.966 bits per heavy atom.